The fourth-order valence-corrected chi connectivity index (χ4v) is 2.82. The molecule has 114 valence electrons. The van der Waals surface area contributed by atoms with Gasteiger partial charge in [0.05, 0.1) is 19.3 Å². The summed E-state index contributed by atoms with van der Waals surface area (Å²) in [7, 11) is 0. The first kappa shape index (κ1) is 15.3. The molecule has 2 atom stereocenters. The van der Waals surface area contributed by atoms with Crippen molar-refractivity contribution in [2.45, 2.75) is 45.3 Å². The smallest absolute Gasteiger partial charge is 0.245 e. The van der Waals surface area contributed by atoms with E-state index in [2.05, 4.69) is 5.32 Å². The van der Waals surface area contributed by atoms with E-state index in [4.69, 9.17) is 4.74 Å². The van der Waals surface area contributed by atoms with Gasteiger partial charge in [-0.2, -0.15) is 0 Å². The first-order valence-electron chi connectivity index (χ1n) is 7.43. The quantitative estimate of drug-likeness (QED) is 0.778. The second kappa shape index (κ2) is 6.54. The van der Waals surface area contributed by atoms with Gasteiger partial charge in [0.15, 0.2) is 0 Å². The van der Waals surface area contributed by atoms with Gasteiger partial charge in [0.25, 0.3) is 0 Å². The van der Waals surface area contributed by atoms with Gasteiger partial charge in [-0.3, -0.25) is 9.59 Å². The lowest BCUT2D eigenvalue weighted by atomic mass is 10.2. The van der Waals surface area contributed by atoms with Crippen molar-refractivity contribution in [1.82, 2.24) is 15.1 Å². The van der Waals surface area contributed by atoms with Gasteiger partial charge in [-0.1, -0.05) is 13.8 Å². The van der Waals surface area contributed by atoms with Crippen LogP contribution in [0.1, 0.15) is 27.2 Å². The molecule has 0 aromatic heterocycles. The summed E-state index contributed by atoms with van der Waals surface area (Å²) in [5.74, 6) is 0.0830. The summed E-state index contributed by atoms with van der Waals surface area (Å²) in [5.41, 5.74) is 0. The van der Waals surface area contributed by atoms with Crippen molar-refractivity contribution in [1.29, 1.82) is 0 Å². The van der Waals surface area contributed by atoms with Crippen molar-refractivity contribution in [2.75, 3.05) is 32.8 Å². The highest BCUT2D eigenvalue weighted by atomic mass is 16.5. The van der Waals surface area contributed by atoms with E-state index in [9.17, 15) is 9.59 Å². The van der Waals surface area contributed by atoms with Crippen molar-refractivity contribution in [3.63, 3.8) is 0 Å². The highest BCUT2D eigenvalue weighted by Gasteiger charge is 2.38. The van der Waals surface area contributed by atoms with E-state index < -0.39 is 0 Å². The van der Waals surface area contributed by atoms with E-state index in [-0.39, 0.29) is 29.9 Å². The van der Waals surface area contributed by atoms with Crippen LogP contribution < -0.4 is 5.32 Å². The van der Waals surface area contributed by atoms with E-state index in [1.807, 2.05) is 20.8 Å². The van der Waals surface area contributed by atoms with Crippen molar-refractivity contribution in [3.8, 4) is 0 Å². The Labute approximate surface area is 120 Å². The topological polar surface area (TPSA) is 61.9 Å². The van der Waals surface area contributed by atoms with Gasteiger partial charge in [0.2, 0.25) is 11.8 Å². The highest BCUT2D eigenvalue weighted by Crippen LogP contribution is 2.17. The number of hydrogen-bond acceptors (Lipinski definition) is 4. The van der Waals surface area contributed by atoms with Crippen LogP contribution in [0.15, 0.2) is 0 Å². The molecule has 0 bridgehead atoms. The Morgan fingerprint density at radius 2 is 1.90 bits per heavy atom. The number of hydrogen-bond donors (Lipinski definition) is 1. The molecule has 0 aromatic carbocycles. The summed E-state index contributed by atoms with van der Waals surface area (Å²) in [5, 5.41) is 3.26. The van der Waals surface area contributed by atoms with Crippen LogP contribution in [-0.4, -0.2) is 72.6 Å². The van der Waals surface area contributed by atoms with E-state index in [0.717, 1.165) is 6.42 Å². The van der Waals surface area contributed by atoms with E-state index in [1.165, 1.54) is 0 Å². The minimum absolute atomic E-state index is 0.0341. The van der Waals surface area contributed by atoms with Gasteiger partial charge in [0.1, 0.15) is 6.04 Å². The second-order valence-corrected chi connectivity index (χ2v) is 5.81. The molecular formula is C14H25N3O3. The summed E-state index contributed by atoms with van der Waals surface area (Å²) in [6.07, 6.45) is 0.776. The lowest BCUT2D eigenvalue weighted by Crippen LogP contribution is -2.52. The van der Waals surface area contributed by atoms with Crippen molar-refractivity contribution >= 4 is 11.8 Å². The summed E-state index contributed by atoms with van der Waals surface area (Å²) >= 11 is 0. The number of ether oxygens (including phenoxy) is 1. The zero-order valence-electron chi connectivity index (χ0n) is 12.6. The first-order chi connectivity index (χ1) is 9.50. The number of carbonyl (C=O) groups is 2. The average Bonchev–Trinajstić information content (AvgIpc) is 2.79. The molecule has 2 amide bonds. The summed E-state index contributed by atoms with van der Waals surface area (Å²) < 4.78 is 5.25. The first-order valence-corrected chi connectivity index (χ1v) is 7.43. The number of nitrogens with one attached hydrogen (secondary N) is 1. The second-order valence-electron chi connectivity index (χ2n) is 5.81. The highest BCUT2D eigenvalue weighted by molar-refractivity contribution is 5.91. The third-order valence-corrected chi connectivity index (χ3v) is 3.92. The molecule has 20 heavy (non-hydrogen) atoms. The number of rotatable bonds is 4. The molecule has 1 N–H and O–H groups in total. The normalized spacial score (nSPS) is 25.4. The molecule has 2 aliphatic rings. The molecule has 0 radical (unpaired) electrons. The maximum absolute atomic E-state index is 12.4. The van der Waals surface area contributed by atoms with Crippen LogP contribution in [0, 0.1) is 0 Å². The van der Waals surface area contributed by atoms with Crippen LogP contribution in [0.25, 0.3) is 0 Å². The Morgan fingerprint density at radius 1 is 1.25 bits per heavy atom. The minimum atomic E-state index is -0.375. The summed E-state index contributed by atoms with van der Waals surface area (Å²) in [6.45, 7) is 8.95. The fourth-order valence-electron chi connectivity index (χ4n) is 2.82. The molecule has 0 saturated carbocycles. The van der Waals surface area contributed by atoms with Crippen molar-refractivity contribution in [2.24, 2.45) is 0 Å². The molecule has 6 nitrogen and oxygen atoms in total. The molecule has 2 heterocycles. The Hall–Kier alpha value is -1.14. The summed E-state index contributed by atoms with van der Waals surface area (Å²) in [6, 6.07) is -0.247. The van der Waals surface area contributed by atoms with Gasteiger partial charge < -0.3 is 19.9 Å². The predicted octanol–water partition coefficient (Wildman–Crippen LogP) is -0.167. The number of likely N-dealkylation sites (tertiary alicyclic amines) is 1. The van der Waals surface area contributed by atoms with Crippen LogP contribution in [0.3, 0.4) is 0 Å². The lowest BCUT2D eigenvalue weighted by molar-refractivity contribution is -0.146. The molecule has 2 saturated heterocycles. The van der Waals surface area contributed by atoms with Gasteiger partial charge >= 0.3 is 0 Å². The Bertz CT molecular complexity index is 367. The number of morpholine rings is 1. The van der Waals surface area contributed by atoms with Crippen molar-refractivity contribution < 1.29 is 14.3 Å². The molecule has 0 aliphatic carbocycles. The van der Waals surface area contributed by atoms with Crippen LogP contribution in [-0.2, 0) is 14.3 Å². The number of amides is 2. The van der Waals surface area contributed by atoms with Gasteiger partial charge in [-0.05, 0) is 13.3 Å². The monoisotopic (exact) mass is 283 g/mol. The van der Waals surface area contributed by atoms with Gasteiger partial charge in [0, 0.05) is 25.7 Å². The molecule has 0 aromatic rings. The molecule has 2 fully saturated rings. The van der Waals surface area contributed by atoms with E-state index in [0.29, 0.717) is 32.8 Å². The Morgan fingerprint density at radius 3 is 2.50 bits per heavy atom. The molecule has 0 spiro atoms. The maximum Gasteiger partial charge on any atom is 0.245 e. The standard InChI is InChI=1S/C14H25N3O3/c1-10(2)15-12-4-5-17(14(12)19)11(3)13(18)16-6-8-20-9-7-16/h10-12,15H,4-9H2,1-3H3. The van der Waals surface area contributed by atoms with Crippen LogP contribution in [0.4, 0.5) is 0 Å². The van der Waals surface area contributed by atoms with E-state index >= 15 is 0 Å². The molecule has 2 rings (SSSR count). The third-order valence-electron chi connectivity index (χ3n) is 3.92. The zero-order chi connectivity index (χ0) is 14.7. The number of nitrogens with zero attached hydrogens (tertiary/aromatic N) is 2. The van der Waals surface area contributed by atoms with Crippen LogP contribution in [0.5, 0.6) is 0 Å². The third kappa shape index (κ3) is 3.30. The predicted molar refractivity (Wildman–Crippen MR) is 75.3 cm³/mol. The Balaban J connectivity index is 1.93. The fraction of sp³-hybridized carbons (Fsp3) is 0.857. The Kier molecular flexibility index (Phi) is 4.99. The van der Waals surface area contributed by atoms with E-state index in [1.54, 1.807) is 9.80 Å². The van der Waals surface area contributed by atoms with Crippen molar-refractivity contribution in [3.05, 3.63) is 0 Å². The molecule has 2 unspecified atom stereocenters. The van der Waals surface area contributed by atoms with Gasteiger partial charge in [-0.25, -0.2) is 0 Å². The average molecular weight is 283 g/mol. The molecule has 2 aliphatic heterocycles. The maximum atomic E-state index is 12.4. The number of carbonyl (C=O) groups excluding carboxylic acids is 2. The van der Waals surface area contributed by atoms with Crippen LogP contribution >= 0.6 is 0 Å². The molecule has 6 heteroatoms. The molecular weight excluding hydrogens is 258 g/mol. The van der Waals surface area contributed by atoms with Gasteiger partial charge in [-0.15, -0.1) is 0 Å². The lowest BCUT2D eigenvalue weighted by Gasteiger charge is -2.32. The van der Waals surface area contributed by atoms with Crippen LogP contribution in [0.2, 0.25) is 0 Å². The largest absolute Gasteiger partial charge is 0.378 e. The summed E-state index contributed by atoms with van der Waals surface area (Å²) in [4.78, 5) is 28.3. The minimum Gasteiger partial charge on any atom is -0.378 e. The zero-order valence-corrected chi connectivity index (χ0v) is 12.6. The SMILES string of the molecule is CC(C)NC1CCN(C(C)C(=O)N2CCOCC2)C1=O.